The first-order chi connectivity index (χ1) is 13.5. The van der Waals surface area contributed by atoms with Crippen molar-refractivity contribution in [2.24, 2.45) is 0 Å². The van der Waals surface area contributed by atoms with E-state index in [4.69, 9.17) is 16.1 Å². The normalized spacial score (nSPS) is 12.6. The molecule has 0 N–H and O–H groups in total. The maximum atomic E-state index is 12.7. The van der Waals surface area contributed by atoms with Crippen LogP contribution in [-0.2, 0) is 14.1 Å². The quantitative estimate of drug-likeness (QED) is 0.438. The van der Waals surface area contributed by atoms with E-state index in [1.165, 1.54) is 6.92 Å². The average Bonchev–Trinajstić information content (AvgIpc) is 2.75. The Morgan fingerprint density at radius 3 is 1.39 bits per heavy atom. The molecule has 0 aliphatic carbocycles. The number of rotatable bonds is 7. The van der Waals surface area contributed by atoms with Gasteiger partial charge in [0.1, 0.15) is 0 Å². The van der Waals surface area contributed by atoms with Crippen LogP contribution in [0.25, 0.3) is 0 Å². The van der Waals surface area contributed by atoms with Gasteiger partial charge in [0, 0.05) is 0 Å². The molecule has 0 saturated carbocycles. The zero-order chi connectivity index (χ0) is 20.1. The number of benzene rings is 3. The summed E-state index contributed by atoms with van der Waals surface area (Å²) in [6, 6.07) is 28.7. The Balaban J connectivity index is 2.54. The van der Waals surface area contributed by atoms with Crippen LogP contribution in [0.1, 0.15) is 6.92 Å². The van der Waals surface area contributed by atoms with E-state index in [0.29, 0.717) is 0 Å². The summed E-state index contributed by atoms with van der Waals surface area (Å²) in [4.78, 5) is 25.4. The van der Waals surface area contributed by atoms with Crippen molar-refractivity contribution in [2.75, 3.05) is 12.0 Å². The molecular formula is C23H22ClO3P. The molecule has 5 heteroatoms. The summed E-state index contributed by atoms with van der Waals surface area (Å²) in [7, 11) is 0. The number of alkyl halides is 1. The van der Waals surface area contributed by atoms with Gasteiger partial charge in [-0.25, -0.2) is 0 Å². The Hall–Kier alpha value is -2.48. The molecule has 0 spiro atoms. The third-order valence-electron chi connectivity index (χ3n) is 4.84. The molecule has 144 valence electrons. The van der Waals surface area contributed by atoms with Gasteiger partial charge < -0.3 is 0 Å². The van der Waals surface area contributed by atoms with Gasteiger partial charge in [-0.2, -0.15) is 0 Å². The Bertz CT molecular complexity index is 859. The first kappa shape index (κ1) is 20.3. The van der Waals surface area contributed by atoms with E-state index >= 15 is 0 Å². The van der Waals surface area contributed by atoms with Gasteiger partial charge in [0.25, 0.3) is 0 Å². The number of carbonyl (C=O) groups is 2. The minimum absolute atomic E-state index is 0.0587. The van der Waals surface area contributed by atoms with Crippen molar-refractivity contribution < 1.29 is 14.1 Å². The first-order valence-electron chi connectivity index (χ1n) is 8.99. The second-order valence-electron chi connectivity index (χ2n) is 6.68. The van der Waals surface area contributed by atoms with Crippen LogP contribution in [0.5, 0.6) is 0 Å². The standard InChI is InChI=1S/C23H22ClO3P/c1-19(25)18-28(27-23(26)17-24,20-11-5-2-6-12-20,21-13-7-3-8-14-21)22-15-9-4-10-16-22/h2-16H,17-18H2,1H3. The zero-order valence-corrected chi connectivity index (χ0v) is 17.3. The zero-order valence-electron chi connectivity index (χ0n) is 15.6. The van der Waals surface area contributed by atoms with Crippen molar-refractivity contribution in [3.63, 3.8) is 0 Å². The summed E-state index contributed by atoms with van der Waals surface area (Å²) >= 11 is 5.88. The van der Waals surface area contributed by atoms with Gasteiger partial charge in [-0.1, -0.05) is 0 Å². The van der Waals surface area contributed by atoms with Gasteiger partial charge in [0.15, 0.2) is 0 Å². The van der Waals surface area contributed by atoms with E-state index in [-0.39, 0.29) is 17.8 Å². The molecule has 3 rings (SSSR count). The molecule has 0 amide bonds. The number of hydrogen-bond acceptors (Lipinski definition) is 3. The Morgan fingerprint density at radius 2 is 1.11 bits per heavy atom. The molecule has 0 heterocycles. The van der Waals surface area contributed by atoms with Gasteiger partial charge in [-0.3, -0.25) is 0 Å². The molecular weight excluding hydrogens is 391 g/mol. The van der Waals surface area contributed by atoms with Crippen molar-refractivity contribution in [2.45, 2.75) is 6.92 Å². The molecule has 3 aromatic rings. The van der Waals surface area contributed by atoms with E-state index in [1.54, 1.807) is 0 Å². The van der Waals surface area contributed by atoms with E-state index in [0.717, 1.165) is 15.9 Å². The predicted molar refractivity (Wildman–Crippen MR) is 118 cm³/mol. The van der Waals surface area contributed by atoms with Crippen molar-refractivity contribution in [1.29, 1.82) is 0 Å². The molecule has 0 aliphatic heterocycles. The van der Waals surface area contributed by atoms with Crippen LogP contribution in [0.2, 0.25) is 0 Å². The fraction of sp³-hybridized carbons (Fsp3) is 0.130. The summed E-state index contributed by atoms with van der Waals surface area (Å²) < 4.78 is 6.38. The van der Waals surface area contributed by atoms with Crippen molar-refractivity contribution in [1.82, 2.24) is 0 Å². The summed E-state index contributed by atoms with van der Waals surface area (Å²) in [5.74, 6) is -0.892. The van der Waals surface area contributed by atoms with Gasteiger partial charge in [0.05, 0.1) is 0 Å². The monoisotopic (exact) mass is 412 g/mol. The molecule has 28 heavy (non-hydrogen) atoms. The van der Waals surface area contributed by atoms with Crippen LogP contribution in [-0.4, -0.2) is 23.8 Å². The maximum absolute atomic E-state index is 12.7. The molecule has 0 fully saturated rings. The summed E-state index contributed by atoms with van der Waals surface area (Å²) in [6.07, 6.45) is 0.0757. The second-order valence-corrected chi connectivity index (χ2v) is 11.4. The molecule has 0 aliphatic rings. The number of carbonyl (C=O) groups excluding carboxylic acids is 2. The van der Waals surface area contributed by atoms with Gasteiger partial charge >= 0.3 is 170 Å². The molecule has 3 aromatic carbocycles. The van der Waals surface area contributed by atoms with Gasteiger partial charge in [-0.05, 0) is 0 Å². The molecule has 0 bridgehead atoms. The summed E-state index contributed by atoms with van der Waals surface area (Å²) in [6.45, 7) is -2.39. The molecule has 0 atom stereocenters. The van der Waals surface area contributed by atoms with Gasteiger partial charge in [-0.15, -0.1) is 0 Å². The molecule has 0 aromatic heterocycles. The molecule has 0 radical (unpaired) electrons. The van der Waals surface area contributed by atoms with Gasteiger partial charge in [0.2, 0.25) is 0 Å². The Labute approximate surface area is 170 Å². The van der Waals surface area contributed by atoms with Crippen LogP contribution in [0.15, 0.2) is 91.0 Å². The van der Waals surface area contributed by atoms with Crippen LogP contribution in [0.4, 0.5) is 0 Å². The Morgan fingerprint density at radius 1 is 0.750 bits per heavy atom. The van der Waals surface area contributed by atoms with E-state index in [1.807, 2.05) is 91.0 Å². The van der Waals surface area contributed by atoms with Crippen LogP contribution in [0.3, 0.4) is 0 Å². The fourth-order valence-electron chi connectivity index (χ4n) is 3.82. The predicted octanol–water partition coefficient (Wildman–Crippen LogP) is 3.80. The van der Waals surface area contributed by atoms with Crippen LogP contribution < -0.4 is 15.9 Å². The number of hydrogen-bond donors (Lipinski definition) is 0. The fourth-order valence-corrected chi connectivity index (χ4v) is 9.54. The molecule has 3 nitrogen and oxygen atoms in total. The van der Waals surface area contributed by atoms with E-state index < -0.39 is 12.8 Å². The number of ketones is 1. The van der Waals surface area contributed by atoms with E-state index in [9.17, 15) is 9.59 Å². The van der Waals surface area contributed by atoms with Crippen molar-refractivity contribution >= 4 is 46.1 Å². The third kappa shape index (κ3) is 3.37. The number of halogens is 1. The SMILES string of the molecule is CC(=O)CP(OC(=O)CCl)(c1ccccc1)(c1ccccc1)c1ccccc1. The van der Waals surface area contributed by atoms with Crippen molar-refractivity contribution in [3.05, 3.63) is 91.0 Å². The summed E-state index contributed by atoms with van der Waals surface area (Å²) in [5.41, 5.74) is 0. The van der Waals surface area contributed by atoms with E-state index in [2.05, 4.69) is 0 Å². The van der Waals surface area contributed by atoms with Crippen LogP contribution in [0, 0.1) is 0 Å². The Kier molecular flexibility index (Phi) is 5.98. The first-order valence-corrected chi connectivity index (χ1v) is 11.9. The van der Waals surface area contributed by atoms with Crippen LogP contribution >= 0.6 is 18.4 Å². The molecule has 0 unspecified atom stereocenters. The minimum atomic E-state index is -3.92. The topological polar surface area (TPSA) is 43.4 Å². The van der Waals surface area contributed by atoms with Crippen molar-refractivity contribution in [3.8, 4) is 0 Å². The molecule has 0 saturated heterocycles. The number of Topliss-reactive ketones (excluding diaryl/α,β-unsaturated/α-hetero) is 1. The second kappa shape index (κ2) is 8.26. The summed E-state index contributed by atoms with van der Waals surface area (Å²) in [5, 5.41) is 2.46. The third-order valence-corrected chi connectivity index (χ3v) is 10.9. The average molecular weight is 413 g/mol.